The van der Waals surface area contributed by atoms with E-state index in [1.165, 1.54) is 11.1 Å². The Kier molecular flexibility index (Phi) is 6.45. The van der Waals surface area contributed by atoms with Gasteiger partial charge in [0.1, 0.15) is 18.5 Å². The van der Waals surface area contributed by atoms with Crippen LogP contribution in [-0.4, -0.2) is 42.5 Å². The maximum atomic E-state index is 10.3. The summed E-state index contributed by atoms with van der Waals surface area (Å²) in [6.45, 7) is 5.97. The van der Waals surface area contributed by atoms with Crippen molar-refractivity contribution >= 4 is 11.6 Å². The standard InChI is InChI=1S/C27H28ClNO4/c1-18-4-2-3-5-24(18)19-12-21-16-29(15-20-13-22(28)6-7-25(20)30)9-11-32-27(21)26(14-19)33-23-8-10-31-17-23/h2-7,12-14,23,30H,8-11,15-17H2,1H3/t23-/m0/s1. The Morgan fingerprint density at radius 2 is 2.00 bits per heavy atom. The van der Waals surface area contributed by atoms with Gasteiger partial charge >= 0.3 is 0 Å². The van der Waals surface area contributed by atoms with E-state index in [0.717, 1.165) is 47.8 Å². The Labute approximate surface area is 199 Å². The largest absolute Gasteiger partial charge is 0.508 e. The first-order valence-corrected chi connectivity index (χ1v) is 11.7. The molecule has 1 atom stereocenters. The number of ether oxygens (including phenoxy) is 3. The van der Waals surface area contributed by atoms with E-state index in [9.17, 15) is 5.11 Å². The molecular weight excluding hydrogens is 438 g/mol. The molecule has 1 N–H and O–H groups in total. The molecule has 172 valence electrons. The fraction of sp³-hybridized carbons (Fsp3) is 0.333. The van der Waals surface area contributed by atoms with E-state index in [2.05, 4.69) is 48.2 Å². The highest BCUT2D eigenvalue weighted by Gasteiger charge is 2.25. The van der Waals surface area contributed by atoms with Crippen molar-refractivity contribution in [2.24, 2.45) is 0 Å². The van der Waals surface area contributed by atoms with E-state index >= 15 is 0 Å². The number of fused-ring (bicyclic) bond motifs is 1. The Bertz CT molecular complexity index is 1140. The average molecular weight is 466 g/mol. The second-order valence-electron chi connectivity index (χ2n) is 8.71. The Balaban J connectivity index is 1.51. The predicted octanol–water partition coefficient (Wildman–Crippen LogP) is 5.58. The van der Waals surface area contributed by atoms with Crippen molar-refractivity contribution in [2.45, 2.75) is 32.5 Å². The summed E-state index contributed by atoms with van der Waals surface area (Å²) in [6, 6.07) is 17.8. The van der Waals surface area contributed by atoms with Gasteiger partial charge in [-0.1, -0.05) is 35.9 Å². The van der Waals surface area contributed by atoms with Crippen LogP contribution < -0.4 is 9.47 Å². The molecule has 5 rings (SSSR count). The number of aryl methyl sites for hydroxylation is 1. The average Bonchev–Trinajstić information content (AvgIpc) is 3.22. The lowest BCUT2D eigenvalue weighted by atomic mass is 9.97. The van der Waals surface area contributed by atoms with Gasteiger partial charge in [-0.3, -0.25) is 4.90 Å². The third-order valence-electron chi connectivity index (χ3n) is 6.25. The highest BCUT2D eigenvalue weighted by atomic mass is 35.5. The molecule has 0 aliphatic carbocycles. The van der Waals surface area contributed by atoms with E-state index in [1.807, 2.05) is 6.07 Å². The lowest BCUT2D eigenvalue weighted by Crippen LogP contribution is -2.25. The van der Waals surface area contributed by atoms with Crippen LogP contribution in [0.15, 0.2) is 54.6 Å². The molecule has 0 unspecified atom stereocenters. The molecule has 0 amide bonds. The fourth-order valence-electron chi connectivity index (χ4n) is 4.52. The van der Waals surface area contributed by atoms with Crippen LogP contribution in [0.2, 0.25) is 5.02 Å². The van der Waals surface area contributed by atoms with Crippen LogP contribution >= 0.6 is 11.6 Å². The number of benzene rings is 3. The van der Waals surface area contributed by atoms with Crippen LogP contribution in [0, 0.1) is 6.92 Å². The molecule has 2 heterocycles. The third kappa shape index (κ3) is 4.96. The first-order valence-electron chi connectivity index (χ1n) is 11.4. The van der Waals surface area contributed by atoms with Gasteiger partial charge in [0.25, 0.3) is 0 Å². The monoisotopic (exact) mass is 465 g/mol. The van der Waals surface area contributed by atoms with Crippen molar-refractivity contribution in [3.63, 3.8) is 0 Å². The molecule has 2 aliphatic heterocycles. The van der Waals surface area contributed by atoms with Crippen LogP contribution in [-0.2, 0) is 17.8 Å². The second-order valence-corrected chi connectivity index (χ2v) is 9.15. The van der Waals surface area contributed by atoms with Crippen molar-refractivity contribution in [1.29, 1.82) is 0 Å². The molecular formula is C27H28ClNO4. The third-order valence-corrected chi connectivity index (χ3v) is 6.49. The van der Waals surface area contributed by atoms with Gasteiger partial charge in [-0.05, 0) is 53.9 Å². The minimum atomic E-state index is 0.0348. The molecule has 5 nitrogen and oxygen atoms in total. The van der Waals surface area contributed by atoms with Gasteiger partial charge in [0.2, 0.25) is 0 Å². The van der Waals surface area contributed by atoms with Crippen LogP contribution in [0.1, 0.15) is 23.1 Å². The van der Waals surface area contributed by atoms with Gasteiger partial charge in [0.05, 0.1) is 13.2 Å². The number of aromatic hydroxyl groups is 1. The molecule has 3 aromatic carbocycles. The van der Waals surface area contributed by atoms with Gasteiger partial charge in [-0.25, -0.2) is 0 Å². The highest BCUT2D eigenvalue weighted by Crippen LogP contribution is 2.40. The van der Waals surface area contributed by atoms with Crippen LogP contribution in [0.25, 0.3) is 11.1 Å². The van der Waals surface area contributed by atoms with E-state index in [-0.39, 0.29) is 11.9 Å². The van der Waals surface area contributed by atoms with Crippen molar-refractivity contribution in [2.75, 3.05) is 26.4 Å². The van der Waals surface area contributed by atoms with Crippen molar-refractivity contribution in [3.8, 4) is 28.4 Å². The lowest BCUT2D eigenvalue weighted by molar-refractivity contribution is 0.137. The Morgan fingerprint density at radius 1 is 1.12 bits per heavy atom. The van der Waals surface area contributed by atoms with Gasteiger partial charge in [-0.15, -0.1) is 0 Å². The van der Waals surface area contributed by atoms with Crippen molar-refractivity contribution in [1.82, 2.24) is 4.90 Å². The lowest BCUT2D eigenvalue weighted by Gasteiger charge is -2.21. The van der Waals surface area contributed by atoms with E-state index in [0.29, 0.717) is 31.3 Å². The summed E-state index contributed by atoms with van der Waals surface area (Å²) in [5.74, 6) is 1.83. The summed E-state index contributed by atoms with van der Waals surface area (Å²) in [5.41, 5.74) is 5.38. The number of hydrogen-bond donors (Lipinski definition) is 1. The van der Waals surface area contributed by atoms with Crippen molar-refractivity contribution < 1.29 is 19.3 Å². The Morgan fingerprint density at radius 3 is 2.82 bits per heavy atom. The minimum absolute atomic E-state index is 0.0348. The highest BCUT2D eigenvalue weighted by molar-refractivity contribution is 6.30. The summed E-state index contributed by atoms with van der Waals surface area (Å²) >= 11 is 6.17. The molecule has 0 aromatic heterocycles. The number of phenols is 1. The molecule has 3 aromatic rings. The van der Waals surface area contributed by atoms with Gasteiger partial charge in [-0.2, -0.15) is 0 Å². The quantitative estimate of drug-likeness (QED) is 0.532. The summed E-state index contributed by atoms with van der Waals surface area (Å²) < 4.78 is 18.2. The minimum Gasteiger partial charge on any atom is -0.508 e. The number of halogens is 1. The topological polar surface area (TPSA) is 51.2 Å². The van der Waals surface area contributed by atoms with Gasteiger partial charge < -0.3 is 19.3 Å². The number of hydrogen-bond acceptors (Lipinski definition) is 5. The summed E-state index contributed by atoms with van der Waals surface area (Å²) in [5, 5.41) is 10.9. The van der Waals surface area contributed by atoms with E-state index < -0.39 is 0 Å². The maximum Gasteiger partial charge on any atom is 0.165 e. The van der Waals surface area contributed by atoms with Gasteiger partial charge in [0, 0.05) is 42.2 Å². The molecule has 1 saturated heterocycles. The molecule has 0 saturated carbocycles. The SMILES string of the molecule is Cc1ccccc1-c1cc2c(c(O[C@H]3CCOC3)c1)OCCN(Cc1cc(Cl)ccc1O)C2. The van der Waals surface area contributed by atoms with Crippen LogP contribution in [0.5, 0.6) is 17.2 Å². The zero-order chi connectivity index (χ0) is 22.8. The second kappa shape index (κ2) is 9.64. The van der Waals surface area contributed by atoms with E-state index in [1.54, 1.807) is 12.1 Å². The van der Waals surface area contributed by atoms with Crippen molar-refractivity contribution in [3.05, 3.63) is 76.3 Å². The Hall–Kier alpha value is -2.73. The molecule has 6 heteroatoms. The predicted molar refractivity (Wildman–Crippen MR) is 129 cm³/mol. The summed E-state index contributed by atoms with van der Waals surface area (Å²) in [7, 11) is 0. The number of phenolic OH excluding ortho intramolecular Hbond substituents is 1. The summed E-state index contributed by atoms with van der Waals surface area (Å²) in [4.78, 5) is 2.27. The van der Waals surface area contributed by atoms with Gasteiger partial charge in [0.15, 0.2) is 11.5 Å². The first kappa shape index (κ1) is 22.1. The zero-order valence-electron chi connectivity index (χ0n) is 18.7. The fourth-order valence-corrected chi connectivity index (χ4v) is 4.71. The number of rotatable bonds is 5. The van der Waals surface area contributed by atoms with Crippen LogP contribution in [0.3, 0.4) is 0 Å². The maximum absolute atomic E-state index is 10.3. The van der Waals surface area contributed by atoms with Crippen LogP contribution in [0.4, 0.5) is 0 Å². The zero-order valence-corrected chi connectivity index (χ0v) is 19.5. The normalized spacial score (nSPS) is 18.4. The molecule has 0 radical (unpaired) electrons. The molecule has 0 bridgehead atoms. The molecule has 2 aliphatic rings. The van der Waals surface area contributed by atoms with E-state index in [4.69, 9.17) is 25.8 Å². The first-order chi connectivity index (χ1) is 16.1. The summed E-state index contributed by atoms with van der Waals surface area (Å²) in [6.07, 6.45) is 0.913. The molecule has 1 fully saturated rings. The molecule has 33 heavy (non-hydrogen) atoms. The molecule has 0 spiro atoms. The number of nitrogens with zero attached hydrogens (tertiary/aromatic N) is 1. The smallest absolute Gasteiger partial charge is 0.165 e.